The van der Waals surface area contributed by atoms with Gasteiger partial charge in [0.25, 0.3) is 0 Å². The molecule has 118 valence electrons. The number of benzene rings is 1. The number of allylic oxidation sites excluding steroid dienone is 4. The van der Waals surface area contributed by atoms with Gasteiger partial charge in [0, 0.05) is 25.2 Å². The minimum Gasteiger partial charge on any atom is -0.294 e. The molecule has 1 aromatic heterocycles. The zero-order valence-corrected chi connectivity index (χ0v) is 13.7. The van der Waals surface area contributed by atoms with Gasteiger partial charge in [0.05, 0.1) is 5.69 Å². The van der Waals surface area contributed by atoms with E-state index in [0.717, 1.165) is 40.8 Å². The first kappa shape index (κ1) is 15.4. The molecule has 1 aliphatic rings. The molecule has 1 aliphatic carbocycles. The summed E-state index contributed by atoms with van der Waals surface area (Å²) < 4.78 is 0. The number of rotatable bonds is 4. The number of pyridine rings is 1. The van der Waals surface area contributed by atoms with Crippen LogP contribution in [0.3, 0.4) is 0 Å². The SMILES string of the molecule is Cc1cc(-c2ncccc2C)ccc1C(=O)CC1=CC=CCC1.[HH]. The van der Waals surface area contributed by atoms with Gasteiger partial charge in [-0.3, -0.25) is 9.78 Å². The summed E-state index contributed by atoms with van der Waals surface area (Å²) >= 11 is 0. The Morgan fingerprint density at radius 1 is 1.22 bits per heavy atom. The van der Waals surface area contributed by atoms with Gasteiger partial charge in [0.15, 0.2) is 5.78 Å². The van der Waals surface area contributed by atoms with E-state index in [1.54, 1.807) is 6.20 Å². The van der Waals surface area contributed by atoms with Gasteiger partial charge in [-0.25, -0.2) is 0 Å². The second-order valence-electron chi connectivity index (χ2n) is 6.09. The van der Waals surface area contributed by atoms with Crippen molar-refractivity contribution in [2.75, 3.05) is 0 Å². The number of aryl methyl sites for hydroxylation is 2. The van der Waals surface area contributed by atoms with Crippen molar-refractivity contribution in [2.45, 2.75) is 33.1 Å². The predicted octanol–water partition coefficient (Wildman–Crippen LogP) is 5.46. The smallest absolute Gasteiger partial charge is 0.167 e. The molecule has 1 aromatic carbocycles. The zero-order chi connectivity index (χ0) is 16.2. The fourth-order valence-corrected chi connectivity index (χ4v) is 3.01. The fraction of sp³-hybridized carbons (Fsp3) is 0.238. The molecule has 0 atom stereocenters. The molecule has 23 heavy (non-hydrogen) atoms. The van der Waals surface area contributed by atoms with Crippen LogP contribution in [-0.2, 0) is 0 Å². The summed E-state index contributed by atoms with van der Waals surface area (Å²) in [6, 6.07) is 10.0. The second kappa shape index (κ2) is 6.74. The lowest BCUT2D eigenvalue weighted by Gasteiger charge is -2.11. The zero-order valence-electron chi connectivity index (χ0n) is 13.7. The molecule has 0 N–H and O–H groups in total. The lowest BCUT2D eigenvalue weighted by Crippen LogP contribution is -2.04. The average molecular weight is 305 g/mol. The number of ketones is 1. The van der Waals surface area contributed by atoms with Crippen molar-refractivity contribution in [1.29, 1.82) is 0 Å². The highest BCUT2D eigenvalue weighted by Crippen LogP contribution is 2.25. The first-order chi connectivity index (χ1) is 11.1. The van der Waals surface area contributed by atoms with Gasteiger partial charge in [-0.2, -0.15) is 0 Å². The molecule has 0 spiro atoms. The van der Waals surface area contributed by atoms with Crippen molar-refractivity contribution in [3.05, 3.63) is 77.0 Å². The summed E-state index contributed by atoms with van der Waals surface area (Å²) in [7, 11) is 0. The number of nitrogens with zero attached hydrogens (tertiary/aromatic N) is 1. The Bertz CT molecular complexity index is 805. The number of aromatic nitrogens is 1. The quantitative estimate of drug-likeness (QED) is 0.702. The van der Waals surface area contributed by atoms with E-state index in [-0.39, 0.29) is 7.21 Å². The van der Waals surface area contributed by atoms with Gasteiger partial charge in [0.2, 0.25) is 0 Å². The summed E-state index contributed by atoms with van der Waals surface area (Å²) in [6.07, 6.45) is 10.6. The van der Waals surface area contributed by atoms with Crippen LogP contribution in [0, 0.1) is 13.8 Å². The van der Waals surface area contributed by atoms with Gasteiger partial charge in [-0.15, -0.1) is 0 Å². The number of carbonyl (C=O) groups is 1. The molecule has 0 amide bonds. The van der Waals surface area contributed by atoms with Crippen LogP contribution in [-0.4, -0.2) is 10.8 Å². The van der Waals surface area contributed by atoms with E-state index in [0.29, 0.717) is 6.42 Å². The highest BCUT2D eigenvalue weighted by Gasteiger charge is 2.13. The van der Waals surface area contributed by atoms with E-state index in [9.17, 15) is 4.79 Å². The van der Waals surface area contributed by atoms with Crippen molar-refractivity contribution in [3.63, 3.8) is 0 Å². The number of hydrogen-bond acceptors (Lipinski definition) is 2. The molecule has 2 heteroatoms. The lowest BCUT2D eigenvalue weighted by atomic mass is 9.93. The van der Waals surface area contributed by atoms with Crippen molar-refractivity contribution < 1.29 is 6.22 Å². The molecular formula is C21H23NO. The Morgan fingerprint density at radius 2 is 2.09 bits per heavy atom. The largest absolute Gasteiger partial charge is 0.294 e. The topological polar surface area (TPSA) is 30.0 Å². The number of Topliss-reactive ketones (excluding diaryl/α,β-unsaturated/α-hetero) is 1. The first-order valence-electron chi connectivity index (χ1n) is 8.05. The normalized spacial score (nSPS) is 13.7. The van der Waals surface area contributed by atoms with Crippen LogP contribution < -0.4 is 0 Å². The van der Waals surface area contributed by atoms with Crippen LogP contribution in [0.4, 0.5) is 0 Å². The summed E-state index contributed by atoms with van der Waals surface area (Å²) in [5.41, 5.74) is 6.25. The minimum atomic E-state index is 0. The Kier molecular flexibility index (Phi) is 4.52. The molecule has 1 heterocycles. The van der Waals surface area contributed by atoms with Crippen molar-refractivity contribution in [3.8, 4) is 11.3 Å². The van der Waals surface area contributed by atoms with Crippen LogP contribution in [0.25, 0.3) is 11.3 Å². The lowest BCUT2D eigenvalue weighted by molar-refractivity contribution is 0.0991. The molecule has 0 saturated carbocycles. The van der Waals surface area contributed by atoms with Gasteiger partial charge in [-0.05, 0) is 49.9 Å². The number of hydrogen-bond donors (Lipinski definition) is 0. The summed E-state index contributed by atoms with van der Waals surface area (Å²) in [5, 5.41) is 0. The third-order valence-corrected chi connectivity index (χ3v) is 4.30. The molecular weight excluding hydrogens is 282 g/mol. The highest BCUT2D eigenvalue weighted by atomic mass is 16.1. The van der Waals surface area contributed by atoms with E-state index in [1.165, 1.54) is 5.57 Å². The third kappa shape index (κ3) is 3.48. The molecule has 0 radical (unpaired) electrons. The van der Waals surface area contributed by atoms with Crippen LogP contribution >= 0.6 is 0 Å². The molecule has 0 saturated heterocycles. The Balaban J connectivity index is 0.00000208. The maximum Gasteiger partial charge on any atom is 0.167 e. The van der Waals surface area contributed by atoms with Gasteiger partial charge >= 0.3 is 0 Å². The van der Waals surface area contributed by atoms with Gasteiger partial charge < -0.3 is 0 Å². The van der Waals surface area contributed by atoms with E-state index < -0.39 is 0 Å². The Morgan fingerprint density at radius 3 is 2.78 bits per heavy atom. The maximum absolute atomic E-state index is 12.6. The van der Waals surface area contributed by atoms with Crippen LogP contribution in [0.1, 0.15) is 42.2 Å². The van der Waals surface area contributed by atoms with E-state index in [4.69, 9.17) is 0 Å². The van der Waals surface area contributed by atoms with E-state index in [2.05, 4.69) is 36.2 Å². The standard InChI is InChI=1S/C21H21NO.H2/c1-15-7-6-12-22-21(15)18-10-11-19(16(2)13-18)20(23)14-17-8-4-3-5-9-17;/h3-4,6-8,10-13H,5,9,14H2,1-2H3;1H. The third-order valence-electron chi connectivity index (χ3n) is 4.30. The molecule has 0 aliphatic heterocycles. The maximum atomic E-state index is 12.6. The Hall–Kier alpha value is -2.48. The number of carbonyl (C=O) groups excluding carboxylic acids is 1. The molecule has 3 rings (SSSR count). The molecule has 2 aromatic rings. The minimum absolute atomic E-state index is 0. The van der Waals surface area contributed by atoms with Gasteiger partial charge in [-0.1, -0.05) is 42.0 Å². The average Bonchev–Trinajstić information content (AvgIpc) is 2.56. The van der Waals surface area contributed by atoms with Crippen LogP contribution in [0.2, 0.25) is 0 Å². The van der Waals surface area contributed by atoms with Crippen molar-refractivity contribution in [2.24, 2.45) is 0 Å². The van der Waals surface area contributed by atoms with Crippen molar-refractivity contribution >= 4 is 5.78 Å². The van der Waals surface area contributed by atoms with E-state index in [1.807, 2.05) is 31.2 Å². The first-order valence-corrected chi connectivity index (χ1v) is 8.05. The summed E-state index contributed by atoms with van der Waals surface area (Å²) in [4.78, 5) is 17.0. The van der Waals surface area contributed by atoms with Crippen LogP contribution in [0.15, 0.2) is 60.3 Å². The Labute approximate surface area is 139 Å². The fourth-order valence-electron chi connectivity index (χ4n) is 3.01. The molecule has 2 nitrogen and oxygen atoms in total. The van der Waals surface area contributed by atoms with E-state index >= 15 is 0 Å². The molecule has 0 fully saturated rings. The molecule has 0 bridgehead atoms. The predicted molar refractivity (Wildman–Crippen MR) is 96.7 cm³/mol. The summed E-state index contributed by atoms with van der Waals surface area (Å²) in [5.74, 6) is 0.202. The second-order valence-corrected chi connectivity index (χ2v) is 6.09. The van der Waals surface area contributed by atoms with Crippen molar-refractivity contribution in [1.82, 2.24) is 4.98 Å². The highest BCUT2D eigenvalue weighted by molar-refractivity contribution is 5.99. The molecule has 0 unspecified atom stereocenters. The van der Waals surface area contributed by atoms with Gasteiger partial charge in [0.1, 0.15) is 0 Å². The monoisotopic (exact) mass is 305 g/mol. The van der Waals surface area contributed by atoms with Crippen LogP contribution in [0.5, 0.6) is 0 Å². The summed E-state index contributed by atoms with van der Waals surface area (Å²) in [6.45, 7) is 4.06.